The molecule has 0 aliphatic carbocycles. The average molecular weight is 179 g/mol. The standard InChI is InChI=1S/C7H11ClO3/c1-5(9)6(10)11-4-7(2,3)8/h4H2,1-3H3. The highest BCUT2D eigenvalue weighted by molar-refractivity contribution is 6.32. The van der Waals surface area contributed by atoms with Crippen molar-refractivity contribution < 1.29 is 14.3 Å². The third kappa shape index (κ3) is 5.85. The van der Waals surface area contributed by atoms with Crippen LogP contribution in [0.1, 0.15) is 20.8 Å². The Morgan fingerprint density at radius 2 is 1.91 bits per heavy atom. The number of hydrogen-bond acceptors (Lipinski definition) is 3. The van der Waals surface area contributed by atoms with Crippen molar-refractivity contribution in [2.45, 2.75) is 25.6 Å². The van der Waals surface area contributed by atoms with E-state index < -0.39 is 16.6 Å². The van der Waals surface area contributed by atoms with Crippen LogP contribution in [0.4, 0.5) is 0 Å². The number of rotatable bonds is 3. The minimum Gasteiger partial charge on any atom is -0.458 e. The zero-order valence-electron chi connectivity index (χ0n) is 6.81. The van der Waals surface area contributed by atoms with Crippen molar-refractivity contribution in [3.05, 3.63) is 0 Å². The topological polar surface area (TPSA) is 43.4 Å². The summed E-state index contributed by atoms with van der Waals surface area (Å²) in [6, 6.07) is 0. The highest BCUT2D eigenvalue weighted by Crippen LogP contribution is 2.12. The molecule has 0 unspecified atom stereocenters. The molecule has 0 aromatic rings. The molecule has 3 nitrogen and oxygen atoms in total. The molecule has 0 saturated carbocycles. The summed E-state index contributed by atoms with van der Waals surface area (Å²) in [6.45, 7) is 4.60. The summed E-state index contributed by atoms with van der Waals surface area (Å²) >= 11 is 5.69. The summed E-state index contributed by atoms with van der Waals surface area (Å²) in [5, 5.41) is 0. The summed E-state index contributed by atoms with van der Waals surface area (Å²) in [4.78, 5) is 20.3. The van der Waals surface area contributed by atoms with Crippen LogP contribution in [-0.2, 0) is 14.3 Å². The minimum absolute atomic E-state index is 0.0486. The lowest BCUT2D eigenvalue weighted by Gasteiger charge is -2.14. The Hall–Kier alpha value is -0.570. The predicted molar refractivity (Wildman–Crippen MR) is 41.6 cm³/mol. The van der Waals surface area contributed by atoms with Crippen LogP contribution in [0.25, 0.3) is 0 Å². The Balaban J connectivity index is 3.73. The number of Topliss-reactive ketones (excluding diaryl/α,β-unsaturated/α-hetero) is 1. The van der Waals surface area contributed by atoms with Gasteiger partial charge in [0, 0.05) is 6.92 Å². The Morgan fingerprint density at radius 1 is 1.45 bits per heavy atom. The van der Waals surface area contributed by atoms with Crippen molar-refractivity contribution in [2.75, 3.05) is 6.61 Å². The van der Waals surface area contributed by atoms with Crippen LogP contribution in [-0.4, -0.2) is 23.2 Å². The Labute approximate surface area is 70.7 Å². The van der Waals surface area contributed by atoms with Crippen molar-refractivity contribution in [1.82, 2.24) is 0 Å². The van der Waals surface area contributed by atoms with E-state index in [1.807, 2.05) is 0 Å². The van der Waals surface area contributed by atoms with E-state index in [1.165, 1.54) is 0 Å². The lowest BCUT2D eigenvalue weighted by molar-refractivity contribution is -0.153. The normalized spacial score (nSPS) is 10.9. The number of ketones is 1. The molecule has 0 heterocycles. The van der Waals surface area contributed by atoms with Crippen LogP contribution in [0.2, 0.25) is 0 Å². The largest absolute Gasteiger partial charge is 0.458 e. The predicted octanol–water partition coefficient (Wildman–Crippen LogP) is 1.14. The molecule has 0 aromatic heterocycles. The molecule has 0 fully saturated rings. The van der Waals surface area contributed by atoms with Gasteiger partial charge in [0.2, 0.25) is 5.78 Å². The fourth-order valence-corrected chi connectivity index (χ4v) is 0.393. The molecule has 0 aromatic carbocycles. The van der Waals surface area contributed by atoms with Gasteiger partial charge in [0.1, 0.15) is 6.61 Å². The SMILES string of the molecule is CC(=O)C(=O)OCC(C)(C)Cl. The molecule has 0 aliphatic heterocycles. The number of carbonyl (C=O) groups excluding carboxylic acids is 2. The highest BCUT2D eigenvalue weighted by atomic mass is 35.5. The van der Waals surface area contributed by atoms with Gasteiger partial charge in [-0.3, -0.25) is 4.79 Å². The van der Waals surface area contributed by atoms with E-state index in [2.05, 4.69) is 4.74 Å². The first-order chi connectivity index (χ1) is 4.83. The van der Waals surface area contributed by atoms with Gasteiger partial charge in [-0.15, -0.1) is 11.6 Å². The third-order valence-electron chi connectivity index (χ3n) is 0.834. The van der Waals surface area contributed by atoms with Crippen LogP contribution >= 0.6 is 11.6 Å². The van der Waals surface area contributed by atoms with Crippen molar-refractivity contribution in [3.8, 4) is 0 Å². The molecule has 11 heavy (non-hydrogen) atoms. The first-order valence-electron chi connectivity index (χ1n) is 3.19. The van der Waals surface area contributed by atoms with Crippen molar-refractivity contribution >= 4 is 23.4 Å². The minimum atomic E-state index is -0.835. The van der Waals surface area contributed by atoms with Gasteiger partial charge in [0.15, 0.2) is 0 Å². The quantitative estimate of drug-likeness (QED) is 0.370. The van der Waals surface area contributed by atoms with Crippen LogP contribution in [0.3, 0.4) is 0 Å². The number of esters is 1. The molecule has 64 valence electrons. The van der Waals surface area contributed by atoms with Gasteiger partial charge in [0.05, 0.1) is 4.87 Å². The molecule has 4 heteroatoms. The van der Waals surface area contributed by atoms with Gasteiger partial charge in [-0.1, -0.05) is 0 Å². The summed E-state index contributed by atoms with van der Waals surface area (Å²) in [5.41, 5.74) is 0. The lowest BCUT2D eigenvalue weighted by atomic mass is 10.2. The number of carbonyl (C=O) groups is 2. The second-order valence-electron chi connectivity index (χ2n) is 2.85. The third-order valence-corrected chi connectivity index (χ3v) is 0.943. The van der Waals surface area contributed by atoms with E-state index >= 15 is 0 Å². The maximum atomic E-state index is 10.6. The zero-order valence-corrected chi connectivity index (χ0v) is 7.57. The fraction of sp³-hybridized carbons (Fsp3) is 0.714. The van der Waals surface area contributed by atoms with Crippen LogP contribution in [0, 0.1) is 0 Å². The smallest absolute Gasteiger partial charge is 0.374 e. The van der Waals surface area contributed by atoms with Crippen LogP contribution in [0.15, 0.2) is 0 Å². The summed E-state index contributed by atoms with van der Waals surface area (Å²) in [7, 11) is 0. The Bertz CT molecular complexity index is 169. The van der Waals surface area contributed by atoms with Gasteiger partial charge in [-0.2, -0.15) is 0 Å². The highest BCUT2D eigenvalue weighted by Gasteiger charge is 2.17. The van der Waals surface area contributed by atoms with Gasteiger partial charge >= 0.3 is 5.97 Å². The molecule has 0 saturated heterocycles. The average Bonchev–Trinajstić information content (AvgIpc) is 1.80. The van der Waals surface area contributed by atoms with Crippen molar-refractivity contribution in [1.29, 1.82) is 0 Å². The molecule has 0 spiro atoms. The molecule has 0 aliphatic rings. The molecule has 0 N–H and O–H groups in total. The summed E-state index contributed by atoms with van der Waals surface area (Å²) < 4.78 is 4.55. The van der Waals surface area contributed by atoms with Gasteiger partial charge in [-0.25, -0.2) is 4.79 Å². The summed E-state index contributed by atoms with van der Waals surface area (Å²) in [6.07, 6.45) is 0. The molecular formula is C7H11ClO3. The molecule has 0 amide bonds. The molecule has 0 bridgehead atoms. The zero-order chi connectivity index (χ0) is 9.07. The summed E-state index contributed by atoms with van der Waals surface area (Å²) in [5.74, 6) is -1.44. The number of hydrogen-bond donors (Lipinski definition) is 0. The van der Waals surface area contributed by atoms with E-state index in [0.717, 1.165) is 6.92 Å². The van der Waals surface area contributed by atoms with Crippen LogP contribution in [0.5, 0.6) is 0 Å². The van der Waals surface area contributed by atoms with Gasteiger partial charge in [-0.05, 0) is 13.8 Å². The molecule has 0 rings (SSSR count). The first kappa shape index (κ1) is 10.4. The number of ether oxygens (including phenoxy) is 1. The molecular weight excluding hydrogens is 168 g/mol. The van der Waals surface area contributed by atoms with E-state index in [1.54, 1.807) is 13.8 Å². The van der Waals surface area contributed by atoms with E-state index in [-0.39, 0.29) is 6.61 Å². The maximum Gasteiger partial charge on any atom is 0.374 e. The lowest BCUT2D eigenvalue weighted by Crippen LogP contribution is -2.24. The Kier molecular flexibility index (Phi) is 3.52. The second-order valence-corrected chi connectivity index (χ2v) is 3.87. The van der Waals surface area contributed by atoms with Gasteiger partial charge < -0.3 is 4.74 Å². The molecule has 0 radical (unpaired) electrons. The molecule has 0 atom stereocenters. The fourth-order valence-electron chi connectivity index (χ4n) is 0.339. The van der Waals surface area contributed by atoms with Crippen molar-refractivity contribution in [3.63, 3.8) is 0 Å². The van der Waals surface area contributed by atoms with E-state index in [0.29, 0.717) is 0 Å². The number of halogens is 1. The van der Waals surface area contributed by atoms with Gasteiger partial charge in [0.25, 0.3) is 0 Å². The van der Waals surface area contributed by atoms with E-state index in [9.17, 15) is 9.59 Å². The second kappa shape index (κ2) is 3.72. The monoisotopic (exact) mass is 178 g/mol. The first-order valence-corrected chi connectivity index (χ1v) is 3.57. The van der Waals surface area contributed by atoms with Crippen molar-refractivity contribution in [2.24, 2.45) is 0 Å². The maximum absolute atomic E-state index is 10.6. The van der Waals surface area contributed by atoms with E-state index in [4.69, 9.17) is 11.6 Å². The number of alkyl halides is 1. The van der Waals surface area contributed by atoms with Crippen LogP contribution < -0.4 is 0 Å². The Morgan fingerprint density at radius 3 is 2.18 bits per heavy atom.